The molecule has 0 amide bonds. The van der Waals surface area contributed by atoms with Gasteiger partial charge in [-0.15, -0.1) is 0 Å². The number of aryl methyl sites for hydroxylation is 2. The molecule has 0 atom stereocenters. The minimum absolute atomic E-state index is 0.00446. The maximum atomic E-state index is 12.7. The van der Waals surface area contributed by atoms with Crippen molar-refractivity contribution in [3.63, 3.8) is 0 Å². The molecule has 0 aliphatic rings. The average molecular weight is 417 g/mol. The van der Waals surface area contributed by atoms with Crippen molar-refractivity contribution in [1.29, 1.82) is 0 Å². The Morgan fingerprint density at radius 1 is 1.27 bits per heavy atom. The van der Waals surface area contributed by atoms with E-state index in [1.54, 1.807) is 0 Å². The van der Waals surface area contributed by atoms with Crippen LogP contribution in [0, 0.1) is 30.9 Å². The van der Waals surface area contributed by atoms with Crippen LogP contribution in [0.15, 0.2) is 41.3 Å². The van der Waals surface area contributed by atoms with E-state index in [2.05, 4.69) is 27.0 Å². The molecule has 7 nitrogen and oxygen atoms in total. The van der Waals surface area contributed by atoms with Crippen LogP contribution in [0.25, 0.3) is 5.69 Å². The monoisotopic (exact) mass is 416 g/mol. The van der Waals surface area contributed by atoms with E-state index in [0.29, 0.717) is 5.56 Å². The summed E-state index contributed by atoms with van der Waals surface area (Å²) in [6.07, 6.45) is 2.56. The van der Waals surface area contributed by atoms with E-state index in [0.717, 1.165) is 27.1 Å². The molecule has 2 aromatic heterocycles. The molecule has 0 saturated carbocycles. The number of halogens is 1. The van der Waals surface area contributed by atoms with Crippen LogP contribution in [-0.4, -0.2) is 24.8 Å². The zero-order chi connectivity index (χ0) is 19.0. The molecule has 0 fully saturated rings. The summed E-state index contributed by atoms with van der Waals surface area (Å²) in [6.45, 7) is 5.86. The lowest BCUT2D eigenvalue weighted by Gasteiger charge is -2.11. The summed E-state index contributed by atoms with van der Waals surface area (Å²) >= 11 is 3.50. The van der Waals surface area contributed by atoms with Crippen LogP contribution in [0.1, 0.15) is 27.3 Å². The lowest BCUT2D eigenvalue weighted by Crippen LogP contribution is -2.10. The number of benzene rings is 1. The number of imidazole rings is 1. The molecule has 2 heterocycles. The van der Waals surface area contributed by atoms with Gasteiger partial charge in [0.2, 0.25) is 6.33 Å². The highest BCUT2D eigenvalue weighted by molar-refractivity contribution is 9.10. The molecule has 0 aliphatic heterocycles. The zero-order valence-electron chi connectivity index (χ0n) is 14.6. The number of rotatable bonds is 5. The predicted molar refractivity (Wildman–Crippen MR) is 101 cm³/mol. The van der Waals surface area contributed by atoms with Crippen molar-refractivity contribution in [2.45, 2.75) is 27.3 Å². The molecule has 1 aromatic carbocycles. The Hall–Kier alpha value is -2.74. The highest BCUT2D eigenvalue weighted by Crippen LogP contribution is 2.25. The molecule has 0 radical (unpaired) electrons. The van der Waals surface area contributed by atoms with Crippen molar-refractivity contribution < 1.29 is 9.72 Å². The standard InChI is InChI=1S/C18H17BrN4O3/c1-11-6-14(4-5-16(11)19)22-12(2)7-15(13(22)3)17(24)8-21-9-18(20-10-21)23(25)26/h4-7,9-10H,8H2,1-3H3. The average Bonchev–Trinajstić information content (AvgIpc) is 3.15. The van der Waals surface area contributed by atoms with E-state index < -0.39 is 4.92 Å². The van der Waals surface area contributed by atoms with Crippen molar-refractivity contribution in [2.75, 3.05) is 0 Å². The third-order valence-corrected chi connectivity index (χ3v) is 5.15. The van der Waals surface area contributed by atoms with Crippen LogP contribution in [0.5, 0.6) is 0 Å². The third-order valence-electron chi connectivity index (χ3n) is 4.26. The van der Waals surface area contributed by atoms with Gasteiger partial charge in [0.05, 0.1) is 6.54 Å². The minimum Gasteiger partial charge on any atom is -0.358 e. The van der Waals surface area contributed by atoms with Gasteiger partial charge in [-0.2, -0.15) is 0 Å². The summed E-state index contributed by atoms with van der Waals surface area (Å²) in [5.74, 6) is -0.390. The van der Waals surface area contributed by atoms with Gasteiger partial charge in [0.15, 0.2) is 5.78 Å². The maximum Gasteiger partial charge on any atom is 0.381 e. The first-order chi connectivity index (χ1) is 12.3. The topological polar surface area (TPSA) is 83.0 Å². The van der Waals surface area contributed by atoms with Gasteiger partial charge >= 0.3 is 5.82 Å². The Labute approximate surface area is 158 Å². The van der Waals surface area contributed by atoms with Crippen molar-refractivity contribution >= 4 is 27.5 Å². The number of carbonyl (C=O) groups is 1. The van der Waals surface area contributed by atoms with E-state index in [1.807, 2.05) is 43.5 Å². The Morgan fingerprint density at radius 3 is 2.62 bits per heavy atom. The third kappa shape index (κ3) is 3.32. The van der Waals surface area contributed by atoms with Gasteiger partial charge in [-0.1, -0.05) is 15.9 Å². The number of hydrogen-bond acceptors (Lipinski definition) is 4. The van der Waals surface area contributed by atoms with Crippen LogP contribution >= 0.6 is 15.9 Å². The molecule has 0 bridgehead atoms. The van der Waals surface area contributed by atoms with E-state index in [4.69, 9.17) is 0 Å². The fraction of sp³-hybridized carbons (Fsp3) is 0.222. The van der Waals surface area contributed by atoms with Gasteiger partial charge in [0.1, 0.15) is 6.20 Å². The number of aromatic nitrogens is 3. The van der Waals surface area contributed by atoms with Crippen LogP contribution in [0.3, 0.4) is 0 Å². The summed E-state index contributed by atoms with van der Waals surface area (Å²) < 4.78 is 4.49. The highest BCUT2D eigenvalue weighted by Gasteiger charge is 2.19. The van der Waals surface area contributed by atoms with Crippen LogP contribution in [0.4, 0.5) is 5.82 Å². The maximum absolute atomic E-state index is 12.7. The first kappa shape index (κ1) is 18.1. The number of nitrogens with zero attached hydrogens (tertiary/aromatic N) is 4. The highest BCUT2D eigenvalue weighted by atomic mass is 79.9. The fourth-order valence-electron chi connectivity index (χ4n) is 2.99. The first-order valence-corrected chi connectivity index (χ1v) is 8.72. The Bertz CT molecular complexity index is 1020. The van der Waals surface area contributed by atoms with Gasteiger partial charge in [0, 0.05) is 27.1 Å². The molecule has 3 rings (SSSR count). The van der Waals surface area contributed by atoms with Gasteiger partial charge in [-0.3, -0.25) is 4.79 Å². The number of nitro groups is 1. The number of carbonyl (C=O) groups excluding carboxylic acids is 1. The summed E-state index contributed by atoms with van der Waals surface area (Å²) in [6, 6.07) is 7.87. The number of Topliss-reactive ketones (excluding diaryl/α,β-unsaturated/α-hetero) is 1. The van der Waals surface area contributed by atoms with E-state index >= 15 is 0 Å². The molecule has 3 aromatic rings. The first-order valence-electron chi connectivity index (χ1n) is 7.92. The van der Waals surface area contributed by atoms with Crippen molar-refractivity contribution in [3.05, 3.63) is 73.9 Å². The molecule has 134 valence electrons. The predicted octanol–water partition coefficient (Wildman–Crippen LogP) is 4.15. The molecule has 0 saturated heterocycles. The number of hydrogen-bond donors (Lipinski definition) is 0. The SMILES string of the molecule is Cc1cc(-n2c(C)cc(C(=O)Cn3cnc([N+](=O)[O-])c3)c2C)ccc1Br. The van der Waals surface area contributed by atoms with Crippen LogP contribution in [0.2, 0.25) is 0 Å². The van der Waals surface area contributed by atoms with Crippen molar-refractivity contribution in [2.24, 2.45) is 0 Å². The summed E-state index contributed by atoms with van der Waals surface area (Å²) in [5.41, 5.74) is 4.47. The molecule has 0 aliphatic carbocycles. The fourth-order valence-corrected chi connectivity index (χ4v) is 3.24. The quantitative estimate of drug-likeness (QED) is 0.355. The van der Waals surface area contributed by atoms with Crippen LogP contribution in [-0.2, 0) is 6.54 Å². The Kier molecular flexibility index (Phi) is 4.78. The van der Waals surface area contributed by atoms with Gasteiger partial charge in [-0.25, -0.2) is 0 Å². The van der Waals surface area contributed by atoms with E-state index in [1.165, 1.54) is 17.1 Å². The normalized spacial score (nSPS) is 10.9. The summed E-state index contributed by atoms with van der Waals surface area (Å²) in [5, 5.41) is 10.7. The molecule has 8 heteroatoms. The molecular formula is C18H17BrN4O3. The summed E-state index contributed by atoms with van der Waals surface area (Å²) in [7, 11) is 0. The molecule has 0 unspecified atom stereocenters. The second-order valence-corrected chi connectivity index (χ2v) is 6.99. The second kappa shape index (κ2) is 6.87. The lowest BCUT2D eigenvalue weighted by atomic mass is 10.1. The van der Waals surface area contributed by atoms with Gasteiger partial charge in [0.25, 0.3) is 0 Å². The summed E-state index contributed by atoms with van der Waals surface area (Å²) in [4.78, 5) is 26.5. The Balaban J connectivity index is 1.92. The number of ketones is 1. The molecular weight excluding hydrogens is 400 g/mol. The molecule has 0 N–H and O–H groups in total. The minimum atomic E-state index is -0.581. The lowest BCUT2D eigenvalue weighted by molar-refractivity contribution is -0.389. The van der Waals surface area contributed by atoms with Gasteiger partial charge < -0.3 is 19.2 Å². The molecule has 0 spiro atoms. The van der Waals surface area contributed by atoms with E-state index in [-0.39, 0.29) is 18.1 Å². The van der Waals surface area contributed by atoms with E-state index in [9.17, 15) is 14.9 Å². The largest absolute Gasteiger partial charge is 0.381 e. The van der Waals surface area contributed by atoms with Gasteiger partial charge in [-0.05, 0) is 60.5 Å². The second-order valence-electron chi connectivity index (χ2n) is 6.14. The molecule has 26 heavy (non-hydrogen) atoms. The van der Waals surface area contributed by atoms with Crippen molar-refractivity contribution in [1.82, 2.24) is 14.1 Å². The van der Waals surface area contributed by atoms with Crippen LogP contribution < -0.4 is 0 Å². The Morgan fingerprint density at radius 2 is 2.00 bits per heavy atom. The zero-order valence-corrected chi connectivity index (χ0v) is 16.1. The van der Waals surface area contributed by atoms with Crippen molar-refractivity contribution in [3.8, 4) is 5.69 Å². The smallest absolute Gasteiger partial charge is 0.358 e.